The highest BCUT2D eigenvalue weighted by atomic mass is 16.5. The van der Waals surface area contributed by atoms with Gasteiger partial charge in [-0.3, -0.25) is 4.79 Å². The average molecular weight is 336 g/mol. The highest BCUT2D eigenvalue weighted by Crippen LogP contribution is 2.51. The van der Waals surface area contributed by atoms with Gasteiger partial charge in [0, 0.05) is 23.2 Å². The highest BCUT2D eigenvalue weighted by Gasteiger charge is 2.52. The second-order valence-electron chi connectivity index (χ2n) is 6.35. The van der Waals surface area contributed by atoms with E-state index in [-0.39, 0.29) is 5.91 Å². The van der Waals surface area contributed by atoms with Crippen LogP contribution in [0.4, 0.5) is 5.69 Å². The topological polar surface area (TPSA) is 63.3 Å². The van der Waals surface area contributed by atoms with Crippen LogP contribution in [0.2, 0.25) is 0 Å². The Morgan fingerprint density at radius 2 is 1.92 bits per heavy atom. The molecule has 25 heavy (non-hydrogen) atoms. The van der Waals surface area contributed by atoms with Gasteiger partial charge in [-0.25, -0.2) is 0 Å². The van der Waals surface area contributed by atoms with Crippen LogP contribution < -0.4 is 14.8 Å². The van der Waals surface area contributed by atoms with Gasteiger partial charge >= 0.3 is 0 Å². The summed E-state index contributed by atoms with van der Waals surface area (Å²) in [6, 6.07) is 13.5. The van der Waals surface area contributed by atoms with Crippen molar-refractivity contribution in [2.75, 3.05) is 19.5 Å². The number of hydrogen-bond acceptors (Lipinski definition) is 3. The number of aromatic amines is 1. The first-order chi connectivity index (χ1) is 12.2. The number of aromatic nitrogens is 1. The Hall–Kier alpha value is -2.95. The summed E-state index contributed by atoms with van der Waals surface area (Å²) in [5.41, 5.74) is 2.30. The molecule has 0 radical (unpaired) electrons. The minimum atomic E-state index is -0.468. The van der Waals surface area contributed by atoms with E-state index in [4.69, 9.17) is 9.47 Å². The number of H-pyrrole nitrogens is 1. The maximum absolute atomic E-state index is 13.0. The van der Waals surface area contributed by atoms with Crippen molar-refractivity contribution in [1.82, 2.24) is 4.98 Å². The van der Waals surface area contributed by atoms with E-state index in [1.165, 1.54) is 0 Å². The number of carbonyl (C=O) groups is 1. The van der Waals surface area contributed by atoms with E-state index >= 15 is 0 Å². The Morgan fingerprint density at radius 3 is 2.64 bits per heavy atom. The fraction of sp³-hybridized carbons (Fsp3) is 0.250. The molecule has 4 rings (SSSR count). The number of ether oxygens (including phenoxy) is 2. The number of hydrogen-bond donors (Lipinski definition) is 2. The monoisotopic (exact) mass is 336 g/mol. The van der Waals surface area contributed by atoms with Crippen LogP contribution in [0.3, 0.4) is 0 Å². The van der Waals surface area contributed by atoms with Gasteiger partial charge in [0.1, 0.15) is 11.5 Å². The maximum Gasteiger partial charge on any atom is 0.235 e. The molecule has 0 unspecified atom stereocenters. The van der Waals surface area contributed by atoms with E-state index in [9.17, 15) is 4.79 Å². The van der Waals surface area contributed by atoms with Crippen LogP contribution in [-0.2, 0) is 10.2 Å². The smallest absolute Gasteiger partial charge is 0.235 e. The Bertz CT molecular complexity index is 941. The largest absolute Gasteiger partial charge is 0.497 e. The van der Waals surface area contributed by atoms with E-state index in [2.05, 4.69) is 16.4 Å². The third-order valence-electron chi connectivity index (χ3n) is 4.95. The number of methoxy groups -OCH3 is 2. The van der Waals surface area contributed by atoms with Crippen LogP contribution in [0.25, 0.3) is 10.9 Å². The summed E-state index contributed by atoms with van der Waals surface area (Å²) in [6.45, 7) is 0. The summed E-state index contributed by atoms with van der Waals surface area (Å²) in [4.78, 5) is 16.3. The van der Waals surface area contributed by atoms with Gasteiger partial charge in [0.05, 0.1) is 25.3 Å². The van der Waals surface area contributed by atoms with Crippen molar-refractivity contribution in [3.63, 3.8) is 0 Å². The minimum absolute atomic E-state index is 0.000667. The standard InChI is InChI=1S/C20H20N2O3/c1-24-13-7-8-17(18(11-13)25-2)22-19(23)20(9-10-20)15-12-21-16-6-4-3-5-14(15)16/h3-8,11-12,21H,9-10H2,1-2H3,(H,22,23). The molecule has 1 saturated carbocycles. The fourth-order valence-corrected chi connectivity index (χ4v) is 3.35. The Balaban J connectivity index is 1.65. The maximum atomic E-state index is 13.0. The first kappa shape index (κ1) is 15.6. The Labute approximate surface area is 146 Å². The molecule has 0 atom stereocenters. The van der Waals surface area contributed by atoms with E-state index in [1.807, 2.05) is 30.5 Å². The van der Waals surface area contributed by atoms with E-state index < -0.39 is 5.41 Å². The Morgan fingerprint density at radius 1 is 1.12 bits per heavy atom. The molecule has 3 aromatic rings. The van der Waals surface area contributed by atoms with Crippen LogP contribution in [0.5, 0.6) is 11.5 Å². The van der Waals surface area contributed by atoms with Crippen LogP contribution in [-0.4, -0.2) is 25.1 Å². The zero-order chi connectivity index (χ0) is 17.4. The van der Waals surface area contributed by atoms with Crippen molar-refractivity contribution < 1.29 is 14.3 Å². The molecule has 1 fully saturated rings. The van der Waals surface area contributed by atoms with Crippen molar-refractivity contribution >= 4 is 22.5 Å². The third-order valence-corrected chi connectivity index (χ3v) is 4.95. The molecule has 128 valence electrons. The van der Waals surface area contributed by atoms with E-state index in [0.29, 0.717) is 17.2 Å². The molecular formula is C20H20N2O3. The van der Waals surface area contributed by atoms with Crippen LogP contribution >= 0.6 is 0 Å². The fourth-order valence-electron chi connectivity index (χ4n) is 3.35. The van der Waals surface area contributed by atoms with Gasteiger partial charge in [-0.15, -0.1) is 0 Å². The predicted octanol–water partition coefficient (Wildman–Crippen LogP) is 3.86. The number of benzene rings is 2. The lowest BCUT2D eigenvalue weighted by atomic mass is 9.94. The molecule has 5 heteroatoms. The molecule has 1 aliphatic rings. The normalized spacial score (nSPS) is 15.0. The van der Waals surface area contributed by atoms with Gasteiger partial charge in [-0.2, -0.15) is 0 Å². The van der Waals surface area contributed by atoms with Crippen LogP contribution in [0.1, 0.15) is 18.4 Å². The molecule has 1 amide bonds. The second kappa shape index (κ2) is 5.84. The van der Waals surface area contributed by atoms with Crippen molar-refractivity contribution in [1.29, 1.82) is 0 Å². The first-order valence-electron chi connectivity index (χ1n) is 8.28. The molecule has 1 aromatic heterocycles. The molecule has 0 spiro atoms. The lowest BCUT2D eigenvalue weighted by Gasteiger charge is -2.17. The first-order valence-corrected chi connectivity index (χ1v) is 8.28. The molecule has 5 nitrogen and oxygen atoms in total. The van der Waals surface area contributed by atoms with E-state index in [0.717, 1.165) is 29.3 Å². The Kier molecular flexibility index (Phi) is 3.64. The van der Waals surface area contributed by atoms with Gasteiger partial charge in [0.2, 0.25) is 5.91 Å². The SMILES string of the molecule is COc1ccc(NC(=O)C2(c3c[nH]c4ccccc34)CC2)c(OC)c1. The summed E-state index contributed by atoms with van der Waals surface area (Å²) < 4.78 is 10.6. The molecular weight excluding hydrogens is 316 g/mol. The number of carbonyl (C=O) groups excluding carboxylic acids is 1. The summed E-state index contributed by atoms with van der Waals surface area (Å²) in [5.74, 6) is 1.27. The molecule has 1 aliphatic carbocycles. The molecule has 2 aromatic carbocycles. The zero-order valence-corrected chi connectivity index (χ0v) is 14.3. The van der Waals surface area contributed by atoms with Crippen molar-refractivity contribution in [3.8, 4) is 11.5 Å². The van der Waals surface area contributed by atoms with Crippen molar-refractivity contribution in [2.24, 2.45) is 0 Å². The van der Waals surface area contributed by atoms with Crippen molar-refractivity contribution in [3.05, 3.63) is 54.2 Å². The average Bonchev–Trinajstić information content (AvgIpc) is 3.35. The van der Waals surface area contributed by atoms with Crippen LogP contribution in [0.15, 0.2) is 48.7 Å². The lowest BCUT2D eigenvalue weighted by Crippen LogP contribution is -2.27. The third kappa shape index (κ3) is 2.52. The molecule has 2 N–H and O–H groups in total. The summed E-state index contributed by atoms with van der Waals surface area (Å²) in [7, 11) is 3.18. The molecule has 0 aliphatic heterocycles. The molecule has 0 saturated heterocycles. The summed E-state index contributed by atoms with van der Waals surface area (Å²) in [6.07, 6.45) is 3.65. The highest BCUT2D eigenvalue weighted by molar-refractivity contribution is 6.05. The molecule has 1 heterocycles. The van der Waals surface area contributed by atoms with Gasteiger partial charge in [0.25, 0.3) is 0 Å². The number of nitrogens with one attached hydrogen (secondary N) is 2. The number of amides is 1. The zero-order valence-electron chi connectivity index (χ0n) is 14.3. The lowest BCUT2D eigenvalue weighted by molar-refractivity contribution is -0.118. The number of anilines is 1. The quantitative estimate of drug-likeness (QED) is 0.744. The summed E-state index contributed by atoms with van der Waals surface area (Å²) >= 11 is 0. The molecule has 0 bridgehead atoms. The second-order valence-corrected chi connectivity index (χ2v) is 6.35. The number of fused-ring (bicyclic) bond motifs is 1. The number of rotatable bonds is 5. The van der Waals surface area contributed by atoms with Gasteiger partial charge < -0.3 is 19.8 Å². The van der Waals surface area contributed by atoms with Gasteiger partial charge in [-0.1, -0.05) is 18.2 Å². The predicted molar refractivity (Wildman–Crippen MR) is 97.4 cm³/mol. The van der Waals surface area contributed by atoms with E-state index in [1.54, 1.807) is 26.4 Å². The van der Waals surface area contributed by atoms with Gasteiger partial charge in [0.15, 0.2) is 0 Å². The van der Waals surface area contributed by atoms with Gasteiger partial charge in [-0.05, 0) is 36.6 Å². The van der Waals surface area contributed by atoms with Crippen LogP contribution in [0, 0.1) is 0 Å². The minimum Gasteiger partial charge on any atom is -0.497 e. The number of para-hydroxylation sites is 1. The summed E-state index contributed by atoms with van der Waals surface area (Å²) in [5, 5.41) is 4.14. The van der Waals surface area contributed by atoms with Crippen molar-refractivity contribution in [2.45, 2.75) is 18.3 Å².